The zero-order chi connectivity index (χ0) is 18.0. The number of rotatable bonds is 1. The standard InChI is InChI=1S/C12H24N2.4C2H6/c1-11-3-9-14(10-4-11)12-5-7-13(2)8-6-12;4*1-2/h11-12H,3-10H2,1-2H3;4*1-2H3. The van der Waals surface area contributed by atoms with Crippen molar-refractivity contribution in [3.05, 3.63) is 0 Å². The molecule has 0 amide bonds. The highest BCUT2D eigenvalue weighted by molar-refractivity contribution is 4.81. The average molecular weight is 317 g/mol. The van der Waals surface area contributed by atoms with E-state index in [0.29, 0.717) is 0 Å². The molecule has 22 heavy (non-hydrogen) atoms. The summed E-state index contributed by atoms with van der Waals surface area (Å²) in [6.45, 7) is 23.7. The Kier molecular flexibility index (Phi) is 25.5. The van der Waals surface area contributed by atoms with Crippen LogP contribution in [0.1, 0.15) is 88.0 Å². The van der Waals surface area contributed by atoms with Gasteiger partial charge in [0, 0.05) is 6.04 Å². The van der Waals surface area contributed by atoms with Gasteiger partial charge in [0.1, 0.15) is 0 Å². The molecule has 2 aliphatic heterocycles. The predicted octanol–water partition coefficient (Wildman–Crippen LogP) is 5.92. The Bertz CT molecular complexity index is 147. The molecule has 0 aliphatic carbocycles. The molecule has 2 fully saturated rings. The van der Waals surface area contributed by atoms with Gasteiger partial charge in [-0.3, -0.25) is 0 Å². The molecule has 0 aromatic rings. The Morgan fingerprint density at radius 1 is 0.591 bits per heavy atom. The highest BCUT2D eigenvalue weighted by atomic mass is 15.2. The lowest BCUT2D eigenvalue weighted by Gasteiger charge is -2.40. The Morgan fingerprint density at radius 2 is 0.955 bits per heavy atom. The van der Waals surface area contributed by atoms with Crippen LogP contribution in [0.4, 0.5) is 0 Å². The van der Waals surface area contributed by atoms with E-state index < -0.39 is 0 Å². The molecule has 0 atom stereocenters. The summed E-state index contributed by atoms with van der Waals surface area (Å²) in [7, 11) is 2.24. The first-order chi connectivity index (χ1) is 10.8. The Morgan fingerprint density at radius 3 is 1.32 bits per heavy atom. The molecule has 0 spiro atoms. The second-order valence-electron chi connectivity index (χ2n) is 5.25. The third-order valence-electron chi connectivity index (χ3n) is 4.02. The maximum Gasteiger partial charge on any atom is 0.0120 e. The lowest BCUT2D eigenvalue weighted by atomic mass is 9.95. The first kappa shape index (κ1) is 26.8. The van der Waals surface area contributed by atoms with Crippen molar-refractivity contribution in [3.8, 4) is 0 Å². The molecule has 2 rings (SSSR count). The minimum atomic E-state index is 0.902. The lowest BCUT2D eigenvalue weighted by Crippen LogP contribution is -2.46. The first-order valence-corrected chi connectivity index (χ1v) is 10.2. The summed E-state index contributed by atoms with van der Waals surface area (Å²) in [5.41, 5.74) is 0. The molecular weight excluding hydrogens is 268 g/mol. The minimum absolute atomic E-state index is 0.902. The quantitative estimate of drug-likeness (QED) is 0.592. The number of hydrogen-bond acceptors (Lipinski definition) is 2. The monoisotopic (exact) mass is 316 g/mol. The molecule has 0 unspecified atom stereocenters. The smallest absolute Gasteiger partial charge is 0.0120 e. The van der Waals surface area contributed by atoms with E-state index in [1.54, 1.807) is 0 Å². The van der Waals surface area contributed by atoms with Crippen molar-refractivity contribution >= 4 is 0 Å². The maximum absolute atomic E-state index is 2.74. The summed E-state index contributed by atoms with van der Waals surface area (Å²) >= 11 is 0. The van der Waals surface area contributed by atoms with Gasteiger partial charge in [-0.25, -0.2) is 0 Å². The van der Waals surface area contributed by atoms with E-state index >= 15 is 0 Å². The molecule has 138 valence electrons. The van der Waals surface area contributed by atoms with Crippen LogP contribution in [0.5, 0.6) is 0 Å². The van der Waals surface area contributed by atoms with Gasteiger partial charge in [-0.2, -0.15) is 0 Å². The van der Waals surface area contributed by atoms with Gasteiger partial charge in [-0.05, 0) is 64.8 Å². The zero-order valence-corrected chi connectivity index (χ0v) is 17.7. The molecular formula is C20H48N2. The summed E-state index contributed by atoms with van der Waals surface area (Å²) in [5.74, 6) is 0.970. The van der Waals surface area contributed by atoms with E-state index in [4.69, 9.17) is 0 Å². The Hall–Kier alpha value is -0.0800. The molecule has 2 saturated heterocycles. The van der Waals surface area contributed by atoms with Gasteiger partial charge in [0.25, 0.3) is 0 Å². The summed E-state index contributed by atoms with van der Waals surface area (Å²) < 4.78 is 0. The van der Waals surface area contributed by atoms with E-state index in [-0.39, 0.29) is 0 Å². The van der Waals surface area contributed by atoms with Crippen molar-refractivity contribution in [2.45, 2.75) is 94.0 Å². The fourth-order valence-electron chi connectivity index (χ4n) is 2.75. The van der Waals surface area contributed by atoms with Gasteiger partial charge in [0.05, 0.1) is 0 Å². The van der Waals surface area contributed by atoms with Crippen LogP contribution in [-0.2, 0) is 0 Å². The molecule has 2 nitrogen and oxygen atoms in total. The average Bonchev–Trinajstić information content (AvgIpc) is 2.63. The van der Waals surface area contributed by atoms with Crippen LogP contribution < -0.4 is 0 Å². The van der Waals surface area contributed by atoms with E-state index in [1.807, 2.05) is 55.4 Å². The summed E-state index contributed by atoms with van der Waals surface area (Å²) in [6.07, 6.45) is 5.63. The normalized spacial score (nSPS) is 19.9. The maximum atomic E-state index is 2.74. The second kappa shape index (κ2) is 20.9. The summed E-state index contributed by atoms with van der Waals surface area (Å²) in [4.78, 5) is 5.20. The van der Waals surface area contributed by atoms with Crippen LogP contribution in [0, 0.1) is 5.92 Å². The van der Waals surface area contributed by atoms with Crippen molar-refractivity contribution < 1.29 is 0 Å². The minimum Gasteiger partial charge on any atom is -0.306 e. The van der Waals surface area contributed by atoms with Crippen molar-refractivity contribution in [2.75, 3.05) is 33.2 Å². The van der Waals surface area contributed by atoms with Crippen molar-refractivity contribution in [1.29, 1.82) is 0 Å². The highest BCUT2D eigenvalue weighted by Crippen LogP contribution is 2.22. The Labute approximate surface area is 143 Å². The third kappa shape index (κ3) is 12.5. The van der Waals surface area contributed by atoms with Gasteiger partial charge < -0.3 is 9.80 Å². The Balaban J connectivity index is -0.000000394. The number of nitrogens with zero attached hydrogens (tertiary/aromatic N) is 2. The summed E-state index contributed by atoms with van der Waals surface area (Å²) in [5, 5.41) is 0. The van der Waals surface area contributed by atoms with Crippen molar-refractivity contribution in [1.82, 2.24) is 9.80 Å². The van der Waals surface area contributed by atoms with Crippen LogP contribution in [0.15, 0.2) is 0 Å². The fraction of sp³-hybridized carbons (Fsp3) is 1.00. The highest BCUT2D eigenvalue weighted by Gasteiger charge is 2.25. The van der Waals surface area contributed by atoms with E-state index in [2.05, 4.69) is 23.8 Å². The number of likely N-dealkylation sites (tertiary alicyclic amines) is 2. The zero-order valence-electron chi connectivity index (χ0n) is 17.7. The van der Waals surface area contributed by atoms with Gasteiger partial charge in [-0.15, -0.1) is 0 Å². The number of piperidine rings is 2. The molecule has 2 heterocycles. The molecule has 0 N–H and O–H groups in total. The predicted molar refractivity (Wildman–Crippen MR) is 106 cm³/mol. The van der Waals surface area contributed by atoms with Gasteiger partial charge in [-0.1, -0.05) is 62.3 Å². The molecule has 2 heteroatoms. The third-order valence-corrected chi connectivity index (χ3v) is 4.02. The lowest BCUT2D eigenvalue weighted by molar-refractivity contribution is 0.0887. The topological polar surface area (TPSA) is 6.48 Å². The van der Waals surface area contributed by atoms with E-state index in [1.165, 1.54) is 51.9 Å². The van der Waals surface area contributed by atoms with Crippen molar-refractivity contribution in [3.63, 3.8) is 0 Å². The molecule has 2 aliphatic rings. The van der Waals surface area contributed by atoms with Crippen LogP contribution in [0.3, 0.4) is 0 Å². The fourth-order valence-corrected chi connectivity index (χ4v) is 2.75. The van der Waals surface area contributed by atoms with Gasteiger partial charge >= 0.3 is 0 Å². The van der Waals surface area contributed by atoms with Crippen LogP contribution in [0.2, 0.25) is 0 Å². The summed E-state index contributed by atoms with van der Waals surface area (Å²) in [6, 6.07) is 0.902. The molecule has 0 aromatic carbocycles. The van der Waals surface area contributed by atoms with Crippen LogP contribution in [0.25, 0.3) is 0 Å². The SMILES string of the molecule is CC.CC.CC.CC.CC1CCN(C2CCN(C)CC2)CC1. The van der Waals surface area contributed by atoms with Crippen LogP contribution >= 0.6 is 0 Å². The molecule has 0 radical (unpaired) electrons. The van der Waals surface area contributed by atoms with E-state index in [0.717, 1.165) is 12.0 Å². The molecule has 0 bridgehead atoms. The van der Waals surface area contributed by atoms with Gasteiger partial charge in [0.15, 0.2) is 0 Å². The van der Waals surface area contributed by atoms with Crippen LogP contribution in [-0.4, -0.2) is 49.1 Å². The molecule has 0 aromatic heterocycles. The van der Waals surface area contributed by atoms with E-state index in [9.17, 15) is 0 Å². The number of hydrogen-bond donors (Lipinski definition) is 0. The van der Waals surface area contributed by atoms with Gasteiger partial charge in [0.2, 0.25) is 0 Å². The van der Waals surface area contributed by atoms with Crippen molar-refractivity contribution in [2.24, 2.45) is 5.92 Å². The largest absolute Gasteiger partial charge is 0.306 e. The first-order valence-electron chi connectivity index (χ1n) is 10.2. The molecule has 0 saturated carbocycles. The second-order valence-corrected chi connectivity index (χ2v) is 5.25.